The van der Waals surface area contributed by atoms with Crippen molar-refractivity contribution in [3.8, 4) is 11.5 Å². The summed E-state index contributed by atoms with van der Waals surface area (Å²) in [5, 5.41) is 0.470. The molecule has 0 saturated carbocycles. The molecule has 0 radical (unpaired) electrons. The Kier molecular flexibility index (Phi) is 4.60. The molecule has 0 N–H and O–H groups in total. The fraction of sp³-hybridized carbons (Fsp3) is 0.529. The van der Waals surface area contributed by atoms with E-state index < -0.39 is 9.84 Å². The Balaban J connectivity index is 1.68. The van der Waals surface area contributed by atoms with Gasteiger partial charge in [0.25, 0.3) is 0 Å². The molecule has 2 fully saturated rings. The molecule has 3 aliphatic rings. The minimum Gasteiger partial charge on any atom is -0.454 e. The molecule has 0 aromatic heterocycles. The van der Waals surface area contributed by atoms with E-state index in [1.807, 2.05) is 24.0 Å². The van der Waals surface area contributed by atoms with E-state index in [1.165, 1.54) is 11.8 Å². The SMILES string of the molecule is CCCCC(=O)N=C1S[C@@H]2CS(=O)(=O)C[C@H]2N1c1ccc2c(c1)OCO2. The molecule has 3 aliphatic heterocycles. The summed E-state index contributed by atoms with van der Waals surface area (Å²) in [5.74, 6) is 1.30. The van der Waals surface area contributed by atoms with Crippen molar-refractivity contribution in [3.63, 3.8) is 0 Å². The van der Waals surface area contributed by atoms with E-state index in [9.17, 15) is 13.2 Å². The molecule has 0 bridgehead atoms. The molecule has 3 heterocycles. The molecule has 1 amide bonds. The van der Waals surface area contributed by atoms with Crippen molar-refractivity contribution < 1.29 is 22.7 Å². The van der Waals surface area contributed by atoms with Crippen LogP contribution in [0.5, 0.6) is 11.5 Å². The summed E-state index contributed by atoms with van der Waals surface area (Å²) in [6.45, 7) is 2.20. The van der Waals surface area contributed by atoms with Crippen LogP contribution in [-0.2, 0) is 14.6 Å². The number of anilines is 1. The predicted molar refractivity (Wildman–Crippen MR) is 101 cm³/mol. The number of nitrogens with zero attached hydrogens (tertiary/aromatic N) is 2. The number of aliphatic imine (C=N–C) groups is 1. The van der Waals surface area contributed by atoms with E-state index >= 15 is 0 Å². The molecule has 0 unspecified atom stereocenters. The average Bonchev–Trinajstić information content (AvgIpc) is 3.24. The van der Waals surface area contributed by atoms with Crippen molar-refractivity contribution in [1.29, 1.82) is 0 Å². The topological polar surface area (TPSA) is 85.3 Å². The largest absolute Gasteiger partial charge is 0.454 e. The molecule has 7 nitrogen and oxygen atoms in total. The van der Waals surface area contributed by atoms with Crippen LogP contribution in [0.15, 0.2) is 23.2 Å². The van der Waals surface area contributed by atoms with E-state index in [0.29, 0.717) is 23.1 Å². The number of sulfone groups is 1. The lowest BCUT2D eigenvalue weighted by molar-refractivity contribution is -0.117. The first kappa shape index (κ1) is 17.7. The Bertz CT molecular complexity index is 868. The van der Waals surface area contributed by atoms with Gasteiger partial charge in [0, 0.05) is 23.4 Å². The third kappa shape index (κ3) is 3.29. The molecule has 2 saturated heterocycles. The maximum Gasteiger partial charge on any atom is 0.248 e. The van der Waals surface area contributed by atoms with Gasteiger partial charge in [-0.05, 0) is 18.6 Å². The Morgan fingerprint density at radius 3 is 2.92 bits per heavy atom. The quantitative estimate of drug-likeness (QED) is 0.771. The van der Waals surface area contributed by atoms with Crippen LogP contribution in [0.1, 0.15) is 26.2 Å². The standard InChI is InChI=1S/C17H20N2O5S2/c1-2-3-4-16(20)18-17-19(12-8-26(21,22)9-15(12)25-17)11-5-6-13-14(7-11)24-10-23-13/h5-7,12,15H,2-4,8-10H2,1H3/t12-,15-/m1/s1. The molecular formula is C17H20N2O5S2. The van der Waals surface area contributed by atoms with E-state index in [-0.39, 0.29) is 35.5 Å². The van der Waals surface area contributed by atoms with Crippen molar-refractivity contribution in [2.75, 3.05) is 23.2 Å². The summed E-state index contributed by atoms with van der Waals surface area (Å²) in [6.07, 6.45) is 2.13. The molecule has 2 atom stereocenters. The number of rotatable bonds is 4. The van der Waals surface area contributed by atoms with Crippen molar-refractivity contribution >= 4 is 38.4 Å². The van der Waals surface area contributed by atoms with Crippen LogP contribution < -0.4 is 14.4 Å². The van der Waals surface area contributed by atoms with Crippen LogP contribution in [0.25, 0.3) is 0 Å². The summed E-state index contributed by atoms with van der Waals surface area (Å²) in [7, 11) is -3.08. The first-order valence-electron chi connectivity index (χ1n) is 8.64. The number of benzene rings is 1. The van der Waals surface area contributed by atoms with E-state index in [0.717, 1.165) is 18.5 Å². The van der Waals surface area contributed by atoms with E-state index in [4.69, 9.17) is 9.47 Å². The lowest BCUT2D eigenvalue weighted by Crippen LogP contribution is -2.37. The maximum atomic E-state index is 12.2. The lowest BCUT2D eigenvalue weighted by atomic mass is 10.2. The number of hydrogen-bond donors (Lipinski definition) is 0. The summed E-state index contributed by atoms with van der Waals surface area (Å²) in [5.41, 5.74) is 0.772. The minimum absolute atomic E-state index is 0.0707. The Morgan fingerprint density at radius 1 is 1.31 bits per heavy atom. The van der Waals surface area contributed by atoms with Crippen molar-refractivity contribution in [2.45, 2.75) is 37.5 Å². The number of hydrogen-bond acceptors (Lipinski definition) is 6. The zero-order chi connectivity index (χ0) is 18.3. The van der Waals surface area contributed by atoms with Gasteiger partial charge in [-0.25, -0.2) is 8.42 Å². The number of unbranched alkanes of at least 4 members (excludes halogenated alkanes) is 1. The lowest BCUT2D eigenvalue weighted by Gasteiger charge is -2.24. The minimum atomic E-state index is -3.08. The fourth-order valence-electron chi connectivity index (χ4n) is 3.39. The maximum absolute atomic E-state index is 12.2. The normalized spacial score (nSPS) is 27.1. The van der Waals surface area contributed by atoms with Gasteiger partial charge in [0.2, 0.25) is 12.7 Å². The number of carbonyl (C=O) groups is 1. The van der Waals surface area contributed by atoms with Crippen LogP contribution in [-0.4, -0.2) is 49.1 Å². The van der Waals surface area contributed by atoms with Crippen molar-refractivity contribution in [2.24, 2.45) is 4.99 Å². The first-order valence-corrected chi connectivity index (χ1v) is 11.3. The second kappa shape index (κ2) is 6.77. The van der Waals surface area contributed by atoms with Crippen LogP contribution >= 0.6 is 11.8 Å². The van der Waals surface area contributed by atoms with Crippen LogP contribution in [0.3, 0.4) is 0 Å². The zero-order valence-corrected chi connectivity index (χ0v) is 16.0. The van der Waals surface area contributed by atoms with Gasteiger partial charge < -0.3 is 14.4 Å². The Hall–Kier alpha value is -1.74. The number of amides is 1. The van der Waals surface area contributed by atoms with Crippen molar-refractivity contribution in [3.05, 3.63) is 18.2 Å². The third-order valence-electron chi connectivity index (χ3n) is 4.67. The Labute approximate surface area is 156 Å². The van der Waals surface area contributed by atoms with Gasteiger partial charge in [-0.2, -0.15) is 4.99 Å². The Morgan fingerprint density at radius 2 is 2.12 bits per heavy atom. The number of amidine groups is 1. The van der Waals surface area contributed by atoms with Gasteiger partial charge in [0.05, 0.1) is 17.5 Å². The highest BCUT2D eigenvalue weighted by Crippen LogP contribution is 2.43. The van der Waals surface area contributed by atoms with Gasteiger partial charge in [-0.3, -0.25) is 4.79 Å². The molecule has 0 spiro atoms. The number of ether oxygens (including phenoxy) is 2. The smallest absolute Gasteiger partial charge is 0.248 e. The van der Waals surface area contributed by atoms with Gasteiger partial charge in [-0.1, -0.05) is 25.1 Å². The number of fused-ring (bicyclic) bond motifs is 2. The highest BCUT2D eigenvalue weighted by Gasteiger charge is 2.49. The third-order valence-corrected chi connectivity index (χ3v) is 7.88. The highest BCUT2D eigenvalue weighted by molar-refractivity contribution is 8.16. The molecule has 1 aromatic carbocycles. The predicted octanol–water partition coefficient (Wildman–Crippen LogP) is 2.21. The van der Waals surface area contributed by atoms with Gasteiger partial charge in [0.15, 0.2) is 26.5 Å². The molecule has 140 valence electrons. The van der Waals surface area contributed by atoms with E-state index in [1.54, 1.807) is 6.07 Å². The van der Waals surface area contributed by atoms with Crippen LogP contribution in [0, 0.1) is 0 Å². The molecule has 26 heavy (non-hydrogen) atoms. The second-order valence-corrected chi connectivity index (χ2v) is 9.96. The highest BCUT2D eigenvalue weighted by atomic mass is 32.2. The average molecular weight is 396 g/mol. The van der Waals surface area contributed by atoms with Gasteiger partial charge >= 0.3 is 0 Å². The van der Waals surface area contributed by atoms with Crippen molar-refractivity contribution in [1.82, 2.24) is 0 Å². The number of thioether (sulfide) groups is 1. The molecule has 1 aromatic rings. The summed E-state index contributed by atoms with van der Waals surface area (Å²) in [4.78, 5) is 18.4. The number of carbonyl (C=O) groups excluding carboxylic acids is 1. The fourth-order valence-corrected chi connectivity index (χ4v) is 7.32. The monoisotopic (exact) mass is 396 g/mol. The van der Waals surface area contributed by atoms with Crippen LogP contribution in [0.2, 0.25) is 0 Å². The molecule has 4 rings (SSSR count). The molecule has 0 aliphatic carbocycles. The van der Waals surface area contributed by atoms with Crippen LogP contribution in [0.4, 0.5) is 5.69 Å². The summed E-state index contributed by atoms with van der Waals surface area (Å²) in [6, 6.07) is 5.26. The molecule has 9 heteroatoms. The second-order valence-electron chi connectivity index (χ2n) is 6.60. The first-order chi connectivity index (χ1) is 12.5. The van der Waals surface area contributed by atoms with Gasteiger partial charge in [0.1, 0.15) is 0 Å². The summed E-state index contributed by atoms with van der Waals surface area (Å²) < 4.78 is 35.0. The zero-order valence-electron chi connectivity index (χ0n) is 14.4. The molecular weight excluding hydrogens is 376 g/mol. The van der Waals surface area contributed by atoms with E-state index in [2.05, 4.69) is 4.99 Å². The summed E-state index contributed by atoms with van der Waals surface area (Å²) >= 11 is 1.39. The van der Waals surface area contributed by atoms with Gasteiger partial charge in [-0.15, -0.1) is 0 Å².